The fourth-order valence-electron chi connectivity index (χ4n) is 2.37. The highest BCUT2D eigenvalue weighted by atomic mass is 35.5. The van der Waals surface area contributed by atoms with Crippen molar-refractivity contribution in [3.05, 3.63) is 47.0 Å². The summed E-state index contributed by atoms with van der Waals surface area (Å²) >= 11 is 5.89. The Labute approximate surface area is 163 Å². The molecule has 7 nitrogen and oxygen atoms in total. The molecular formula is C18H21ClN2O5S. The Kier molecular flexibility index (Phi) is 6.69. The van der Waals surface area contributed by atoms with E-state index in [1.807, 2.05) is 13.0 Å². The number of rotatable bonds is 7. The fourth-order valence-corrected chi connectivity index (χ4v) is 4.01. The van der Waals surface area contributed by atoms with Crippen LogP contribution in [0.1, 0.15) is 12.5 Å². The van der Waals surface area contributed by atoms with Crippen LogP contribution in [0.15, 0.2) is 41.3 Å². The van der Waals surface area contributed by atoms with Gasteiger partial charge in [0.05, 0.1) is 25.9 Å². The van der Waals surface area contributed by atoms with Gasteiger partial charge >= 0.3 is 0 Å². The lowest BCUT2D eigenvalue weighted by Crippen LogP contribution is -2.41. The molecule has 0 saturated carbocycles. The van der Waals surface area contributed by atoms with Crippen molar-refractivity contribution in [1.82, 2.24) is 4.72 Å². The first kappa shape index (κ1) is 21.0. The zero-order valence-electron chi connectivity index (χ0n) is 15.4. The summed E-state index contributed by atoms with van der Waals surface area (Å²) in [6.45, 7) is 3.30. The van der Waals surface area contributed by atoms with Gasteiger partial charge in [0.1, 0.15) is 16.4 Å². The highest BCUT2D eigenvalue weighted by Crippen LogP contribution is 2.28. The average molecular weight is 413 g/mol. The number of hydrogen-bond acceptors (Lipinski definition) is 5. The van der Waals surface area contributed by atoms with Crippen molar-refractivity contribution in [1.29, 1.82) is 0 Å². The quantitative estimate of drug-likeness (QED) is 0.729. The van der Waals surface area contributed by atoms with E-state index in [1.165, 1.54) is 39.3 Å². The van der Waals surface area contributed by atoms with Gasteiger partial charge in [0.15, 0.2) is 0 Å². The number of hydrogen-bond donors (Lipinski definition) is 2. The van der Waals surface area contributed by atoms with Crippen LogP contribution in [0.3, 0.4) is 0 Å². The molecule has 0 aliphatic rings. The van der Waals surface area contributed by atoms with Crippen LogP contribution < -0.4 is 19.5 Å². The molecule has 2 aromatic rings. The van der Waals surface area contributed by atoms with Crippen molar-refractivity contribution < 1.29 is 22.7 Å². The SMILES string of the molecule is COc1ccc(C)cc1NC(=O)[C@@H](C)NS(=O)(=O)c1cc(Cl)ccc1OC. The van der Waals surface area contributed by atoms with E-state index in [9.17, 15) is 13.2 Å². The lowest BCUT2D eigenvalue weighted by atomic mass is 10.2. The number of anilines is 1. The third-order valence-electron chi connectivity index (χ3n) is 3.75. The molecule has 0 fully saturated rings. The van der Waals surface area contributed by atoms with Crippen molar-refractivity contribution in [2.45, 2.75) is 24.8 Å². The van der Waals surface area contributed by atoms with Crippen molar-refractivity contribution in [3.8, 4) is 11.5 Å². The summed E-state index contributed by atoms with van der Waals surface area (Å²) < 4.78 is 37.9. The largest absolute Gasteiger partial charge is 0.495 e. The van der Waals surface area contributed by atoms with Crippen LogP contribution in [0.5, 0.6) is 11.5 Å². The Morgan fingerprint density at radius 1 is 1.07 bits per heavy atom. The van der Waals surface area contributed by atoms with E-state index in [0.29, 0.717) is 11.4 Å². The maximum absolute atomic E-state index is 12.7. The molecule has 0 bridgehead atoms. The van der Waals surface area contributed by atoms with E-state index in [0.717, 1.165) is 5.56 Å². The smallest absolute Gasteiger partial charge is 0.245 e. The Morgan fingerprint density at radius 3 is 2.33 bits per heavy atom. The summed E-state index contributed by atoms with van der Waals surface area (Å²) in [6, 6.07) is 8.46. The number of sulfonamides is 1. The van der Waals surface area contributed by atoms with Crippen molar-refractivity contribution in [2.75, 3.05) is 19.5 Å². The van der Waals surface area contributed by atoms with Crippen LogP contribution in [0.4, 0.5) is 5.69 Å². The molecule has 0 heterocycles. The maximum Gasteiger partial charge on any atom is 0.245 e. The molecule has 0 spiro atoms. The van der Waals surface area contributed by atoms with Crippen LogP contribution in [-0.2, 0) is 14.8 Å². The highest BCUT2D eigenvalue weighted by Gasteiger charge is 2.26. The molecule has 0 saturated heterocycles. The summed E-state index contributed by atoms with van der Waals surface area (Å²) in [6.07, 6.45) is 0. The zero-order chi connectivity index (χ0) is 20.2. The molecule has 0 unspecified atom stereocenters. The minimum Gasteiger partial charge on any atom is -0.495 e. The third-order valence-corrected chi connectivity index (χ3v) is 5.55. The van der Waals surface area contributed by atoms with Gasteiger partial charge in [-0.1, -0.05) is 17.7 Å². The second-order valence-electron chi connectivity index (χ2n) is 5.83. The van der Waals surface area contributed by atoms with Crippen LogP contribution >= 0.6 is 11.6 Å². The number of halogens is 1. The lowest BCUT2D eigenvalue weighted by molar-refractivity contribution is -0.117. The first-order valence-corrected chi connectivity index (χ1v) is 9.85. The van der Waals surface area contributed by atoms with E-state index in [4.69, 9.17) is 21.1 Å². The molecule has 9 heteroatoms. The molecule has 0 aromatic heterocycles. The molecule has 2 aromatic carbocycles. The van der Waals surface area contributed by atoms with Gasteiger partial charge in [-0.3, -0.25) is 4.79 Å². The maximum atomic E-state index is 12.7. The normalized spacial score (nSPS) is 12.3. The molecule has 27 heavy (non-hydrogen) atoms. The Balaban J connectivity index is 2.21. The van der Waals surface area contributed by atoms with E-state index >= 15 is 0 Å². The summed E-state index contributed by atoms with van der Waals surface area (Å²) in [5.74, 6) is 0.0591. The summed E-state index contributed by atoms with van der Waals surface area (Å²) in [5, 5.41) is 2.90. The number of benzene rings is 2. The number of methoxy groups -OCH3 is 2. The van der Waals surface area contributed by atoms with Gasteiger partial charge in [-0.15, -0.1) is 0 Å². The first-order valence-electron chi connectivity index (χ1n) is 7.99. The predicted molar refractivity (Wildman–Crippen MR) is 104 cm³/mol. The van der Waals surface area contributed by atoms with Crippen molar-refractivity contribution in [2.24, 2.45) is 0 Å². The van der Waals surface area contributed by atoms with Gasteiger partial charge in [0.2, 0.25) is 15.9 Å². The summed E-state index contributed by atoms with van der Waals surface area (Å²) in [4.78, 5) is 12.3. The lowest BCUT2D eigenvalue weighted by Gasteiger charge is -2.17. The standard InChI is InChI=1S/C18H21ClN2O5S/c1-11-5-7-15(25-3)14(9-11)20-18(22)12(2)21-27(23,24)17-10-13(19)6-8-16(17)26-4/h5-10,12,21H,1-4H3,(H,20,22)/t12-/m1/s1. The number of ether oxygens (including phenoxy) is 2. The van der Waals surface area contributed by atoms with E-state index < -0.39 is 22.0 Å². The van der Waals surface area contributed by atoms with E-state index in [1.54, 1.807) is 12.1 Å². The minimum absolute atomic E-state index is 0.125. The van der Waals surface area contributed by atoms with Crippen LogP contribution in [0.25, 0.3) is 0 Å². The Hall–Kier alpha value is -2.29. The Morgan fingerprint density at radius 2 is 1.70 bits per heavy atom. The number of carbonyl (C=O) groups is 1. The predicted octanol–water partition coefficient (Wildman–Crippen LogP) is 2.97. The molecule has 0 radical (unpaired) electrons. The van der Waals surface area contributed by atoms with Crippen LogP contribution in [0, 0.1) is 6.92 Å². The number of nitrogens with one attached hydrogen (secondary N) is 2. The van der Waals surface area contributed by atoms with Gasteiger partial charge in [-0.05, 0) is 49.7 Å². The van der Waals surface area contributed by atoms with Crippen molar-refractivity contribution in [3.63, 3.8) is 0 Å². The Bertz CT molecular complexity index is 947. The summed E-state index contributed by atoms with van der Waals surface area (Å²) in [5.41, 5.74) is 1.37. The fraction of sp³-hybridized carbons (Fsp3) is 0.278. The number of aryl methyl sites for hydroxylation is 1. The van der Waals surface area contributed by atoms with Crippen molar-refractivity contribution >= 4 is 33.2 Å². The molecule has 2 rings (SSSR count). The second-order valence-corrected chi connectivity index (χ2v) is 7.95. The van der Waals surface area contributed by atoms with Gasteiger partial charge in [-0.2, -0.15) is 4.72 Å². The van der Waals surface area contributed by atoms with Gasteiger partial charge in [0, 0.05) is 5.02 Å². The molecule has 0 aliphatic heterocycles. The first-order chi connectivity index (χ1) is 12.7. The molecule has 1 amide bonds. The molecule has 1 atom stereocenters. The summed E-state index contributed by atoms with van der Waals surface area (Å²) in [7, 11) is -1.20. The number of carbonyl (C=O) groups excluding carboxylic acids is 1. The minimum atomic E-state index is -4.04. The topological polar surface area (TPSA) is 93.7 Å². The van der Waals surface area contributed by atoms with Gasteiger partial charge in [0.25, 0.3) is 0 Å². The average Bonchev–Trinajstić information content (AvgIpc) is 2.61. The van der Waals surface area contributed by atoms with Gasteiger partial charge < -0.3 is 14.8 Å². The molecular weight excluding hydrogens is 392 g/mol. The zero-order valence-corrected chi connectivity index (χ0v) is 16.9. The van der Waals surface area contributed by atoms with Crippen LogP contribution in [-0.4, -0.2) is 34.6 Å². The monoisotopic (exact) mass is 412 g/mol. The molecule has 2 N–H and O–H groups in total. The molecule has 146 valence electrons. The van der Waals surface area contributed by atoms with E-state index in [2.05, 4.69) is 10.0 Å². The highest BCUT2D eigenvalue weighted by molar-refractivity contribution is 7.89. The second kappa shape index (κ2) is 8.60. The van der Waals surface area contributed by atoms with Crippen LogP contribution in [0.2, 0.25) is 5.02 Å². The number of amides is 1. The van der Waals surface area contributed by atoms with Gasteiger partial charge in [-0.25, -0.2) is 8.42 Å². The molecule has 0 aliphatic carbocycles. The van der Waals surface area contributed by atoms with E-state index in [-0.39, 0.29) is 15.7 Å². The third kappa shape index (κ3) is 5.12.